The standard InChI is InChI=1S/C15H30BrCl/c1-2-3-4-5-6-7-8-9-10-11-12-13-14-15(16)17/h15H,2-14H2,1H3. The van der Waals surface area contributed by atoms with Crippen LogP contribution < -0.4 is 0 Å². The van der Waals surface area contributed by atoms with E-state index >= 15 is 0 Å². The summed E-state index contributed by atoms with van der Waals surface area (Å²) in [4.78, 5) is 0. The molecule has 0 heterocycles. The maximum atomic E-state index is 5.83. The van der Waals surface area contributed by atoms with Gasteiger partial charge in [0, 0.05) is 0 Å². The molecule has 0 aromatic carbocycles. The van der Waals surface area contributed by atoms with Crippen LogP contribution in [0.15, 0.2) is 0 Å². The van der Waals surface area contributed by atoms with E-state index in [-0.39, 0.29) is 4.29 Å². The lowest BCUT2D eigenvalue weighted by Crippen LogP contribution is -1.86. The summed E-state index contributed by atoms with van der Waals surface area (Å²) in [5.74, 6) is 0. The van der Waals surface area contributed by atoms with E-state index in [4.69, 9.17) is 11.6 Å². The highest BCUT2D eigenvalue weighted by Crippen LogP contribution is 2.16. The van der Waals surface area contributed by atoms with Crippen molar-refractivity contribution in [2.24, 2.45) is 0 Å². The van der Waals surface area contributed by atoms with Gasteiger partial charge in [0.05, 0.1) is 4.29 Å². The van der Waals surface area contributed by atoms with E-state index < -0.39 is 0 Å². The molecule has 0 bridgehead atoms. The van der Waals surface area contributed by atoms with Gasteiger partial charge >= 0.3 is 0 Å². The zero-order chi connectivity index (χ0) is 12.8. The highest BCUT2D eigenvalue weighted by molar-refractivity contribution is 9.10. The van der Waals surface area contributed by atoms with E-state index in [1.807, 2.05) is 0 Å². The Morgan fingerprint density at radius 1 is 0.706 bits per heavy atom. The topological polar surface area (TPSA) is 0 Å². The Labute approximate surface area is 122 Å². The third-order valence-electron chi connectivity index (χ3n) is 3.28. The summed E-state index contributed by atoms with van der Waals surface area (Å²) in [6, 6.07) is 0. The predicted octanol–water partition coefficient (Wildman–Crippen LogP) is 7.04. The molecule has 2 heteroatoms. The first-order chi connectivity index (χ1) is 8.27. The molecule has 17 heavy (non-hydrogen) atoms. The second kappa shape index (κ2) is 14.8. The Morgan fingerprint density at radius 2 is 1.06 bits per heavy atom. The molecule has 0 fully saturated rings. The van der Waals surface area contributed by atoms with E-state index in [9.17, 15) is 0 Å². The molecule has 0 spiro atoms. The predicted molar refractivity (Wildman–Crippen MR) is 84.3 cm³/mol. The smallest absolute Gasteiger partial charge is 0.0886 e. The molecule has 0 aliphatic heterocycles. The Hall–Kier alpha value is 0.770. The van der Waals surface area contributed by atoms with Crippen molar-refractivity contribution in [3.63, 3.8) is 0 Å². The van der Waals surface area contributed by atoms with Crippen molar-refractivity contribution in [1.82, 2.24) is 0 Å². The van der Waals surface area contributed by atoms with Gasteiger partial charge < -0.3 is 0 Å². The van der Waals surface area contributed by atoms with Gasteiger partial charge in [-0.3, -0.25) is 0 Å². The Bertz CT molecular complexity index is 137. The van der Waals surface area contributed by atoms with Crippen LogP contribution in [-0.2, 0) is 0 Å². The lowest BCUT2D eigenvalue weighted by molar-refractivity contribution is 0.542. The first-order valence-electron chi connectivity index (χ1n) is 7.55. The molecule has 0 amide bonds. The van der Waals surface area contributed by atoms with Gasteiger partial charge in [0.2, 0.25) is 0 Å². The number of alkyl halides is 2. The number of hydrogen-bond donors (Lipinski definition) is 0. The Morgan fingerprint density at radius 3 is 1.41 bits per heavy atom. The molecule has 1 atom stereocenters. The lowest BCUT2D eigenvalue weighted by Gasteiger charge is -2.03. The van der Waals surface area contributed by atoms with Crippen LogP contribution >= 0.6 is 27.5 Å². The third-order valence-corrected chi connectivity index (χ3v) is 3.95. The molecule has 0 saturated carbocycles. The van der Waals surface area contributed by atoms with Crippen molar-refractivity contribution < 1.29 is 0 Å². The maximum absolute atomic E-state index is 5.83. The molecule has 104 valence electrons. The second-order valence-corrected chi connectivity index (χ2v) is 7.23. The minimum atomic E-state index is 0.186. The van der Waals surface area contributed by atoms with E-state index in [0.717, 1.165) is 6.42 Å². The molecular weight excluding hydrogens is 296 g/mol. The lowest BCUT2D eigenvalue weighted by atomic mass is 10.1. The minimum absolute atomic E-state index is 0.186. The summed E-state index contributed by atoms with van der Waals surface area (Å²) in [6.07, 6.45) is 18.0. The molecule has 0 aromatic rings. The van der Waals surface area contributed by atoms with Gasteiger partial charge in [-0.15, -0.1) is 11.6 Å². The summed E-state index contributed by atoms with van der Waals surface area (Å²) in [7, 11) is 0. The molecule has 0 aliphatic carbocycles. The van der Waals surface area contributed by atoms with Crippen LogP contribution in [0.25, 0.3) is 0 Å². The fourth-order valence-corrected chi connectivity index (χ4v) is 2.62. The molecule has 0 radical (unpaired) electrons. The van der Waals surface area contributed by atoms with Crippen molar-refractivity contribution in [2.75, 3.05) is 0 Å². The van der Waals surface area contributed by atoms with Crippen LogP contribution in [0.5, 0.6) is 0 Å². The fourth-order valence-electron chi connectivity index (χ4n) is 2.14. The van der Waals surface area contributed by atoms with Crippen molar-refractivity contribution in [1.29, 1.82) is 0 Å². The fraction of sp³-hybridized carbons (Fsp3) is 1.00. The second-order valence-electron chi connectivity index (χ2n) is 5.07. The summed E-state index contributed by atoms with van der Waals surface area (Å²) in [5, 5.41) is 0. The third kappa shape index (κ3) is 16.8. The highest BCUT2D eigenvalue weighted by Gasteiger charge is 1.97. The summed E-state index contributed by atoms with van der Waals surface area (Å²) >= 11 is 9.20. The Kier molecular flexibility index (Phi) is 15.5. The Balaban J connectivity index is 2.89. The van der Waals surface area contributed by atoms with Crippen molar-refractivity contribution >= 4 is 27.5 Å². The molecule has 0 aliphatic rings. The zero-order valence-electron chi connectivity index (χ0n) is 11.5. The number of rotatable bonds is 13. The summed E-state index contributed by atoms with van der Waals surface area (Å²) in [6.45, 7) is 2.28. The van der Waals surface area contributed by atoms with Gasteiger partial charge in [-0.25, -0.2) is 0 Å². The van der Waals surface area contributed by atoms with Gasteiger partial charge in [0.15, 0.2) is 0 Å². The normalized spacial score (nSPS) is 12.9. The van der Waals surface area contributed by atoms with Gasteiger partial charge in [0.1, 0.15) is 0 Å². The van der Waals surface area contributed by atoms with Gasteiger partial charge in [-0.2, -0.15) is 0 Å². The average molecular weight is 326 g/mol. The van der Waals surface area contributed by atoms with Crippen LogP contribution in [0.2, 0.25) is 0 Å². The van der Waals surface area contributed by atoms with Crippen LogP contribution in [0.3, 0.4) is 0 Å². The largest absolute Gasteiger partial charge is 0.110 e. The summed E-state index contributed by atoms with van der Waals surface area (Å²) in [5.41, 5.74) is 0. The number of hydrogen-bond acceptors (Lipinski definition) is 0. The number of halogens is 2. The van der Waals surface area contributed by atoms with Crippen LogP contribution in [0.1, 0.15) is 90.4 Å². The zero-order valence-corrected chi connectivity index (χ0v) is 13.9. The average Bonchev–Trinajstić information content (AvgIpc) is 2.30. The quantitative estimate of drug-likeness (QED) is 0.252. The van der Waals surface area contributed by atoms with Crippen LogP contribution in [-0.4, -0.2) is 4.29 Å². The van der Waals surface area contributed by atoms with Crippen molar-refractivity contribution in [2.45, 2.75) is 94.7 Å². The molecule has 0 N–H and O–H groups in total. The molecule has 0 saturated heterocycles. The monoisotopic (exact) mass is 324 g/mol. The van der Waals surface area contributed by atoms with Crippen LogP contribution in [0.4, 0.5) is 0 Å². The van der Waals surface area contributed by atoms with E-state index in [0.29, 0.717) is 0 Å². The van der Waals surface area contributed by atoms with E-state index in [1.165, 1.54) is 77.0 Å². The first kappa shape index (κ1) is 17.8. The first-order valence-corrected chi connectivity index (χ1v) is 8.90. The van der Waals surface area contributed by atoms with Crippen molar-refractivity contribution in [3.8, 4) is 0 Å². The van der Waals surface area contributed by atoms with Crippen LogP contribution in [0, 0.1) is 0 Å². The molecule has 0 nitrogen and oxygen atoms in total. The molecule has 0 aromatic heterocycles. The van der Waals surface area contributed by atoms with Gasteiger partial charge in [-0.05, 0) is 6.42 Å². The van der Waals surface area contributed by atoms with Gasteiger partial charge in [-0.1, -0.05) is 99.9 Å². The molecular formula is C15H30BrCl. The SMILES string of the molecule is CCCCCCCCCCCCCCC(Cl)Br. The van der Waals surface area contributed by atoms with Gasteiger partial charge in [0.25, 0.3) is 0 Å². The van der Waals surface area contributed by atoms with E-state index in [2.05, 4.69) is 22.9 Å². The summed E-state index contributed by atoms with van der Waals surface area (Å²) < 4.78 is 0.186. The highest BCUT2D eigenvalue weighted by atomic mass is 79.9. The minimum Gasteiger partial charge on any atom is -0.110 e. The van der Waals surface area contributed by atoms with Crippen molar-refractivity contribution in [3.05, 3.63) is 0 Å². The molecule has 1 unspecified atom stereocenters. The maximum Gasteiger partial charge on any atom is 0.0886 e. The van der Waals surface area contributed by atoms with E-state index in [1.54, 1.807) is 0 Å². The molecule has 0 rings (SSSR count). The number of unbranched alkanes of at least 4 members (excludes halogenated alkanes) is 11.